The summed E-state index contributed by atoms with van der Waals surface area (Å²) >= 11 is 0. The van der Waals surface area contributed by atoms with E-state index in [9.17, 15) is 24.3 Å². The van der Waals surface area contributed by atoms with Crippen LogP contribution in [-0.2, 0) is 25.6 Å². The average molecular weight is 437 g/mol. The van der Waals surface area contributed by atoms with Crippen molar-refractivity contribution in [2.45, 2.75) is 70.6 Å². The lowest BCUT2D eigenvalue weighted by Crippen LogP contribution is -2.58. The molecule has 2 heterocycles. The number of carboxylic acid groups (broad SMARTS) is 1. The van der Waals surface area contributed by atoms with Crippen molar-refractivity contribution in [3.05, 3.63) is 18.2 Å². The molecule has 0 saturated carbocycles. The molecule has 31 heavy (non-hydrogen) atoms. The number of hydrogen-bond donors (Lipinski definition) is 6. The lowest BCUT2D eigenvalue weighted by Gasteiger charge is -2.27. The molecule has 11 nitrogen and oxygen atoms in total. The predicted molar refractivity (Wildman–Crippen MR) is 112 cm³/mol. The molecular weight excluding hydrogens is 404 g/mol. The first kappa shape index (κ1) is 24.3. The first-order valence-corrected chi connectivity index (χ1v) is 10.6. The predicted octanol–water partition coefficient (Wildman–Crippen LogP) is -0.691. The van der Waals surface area contributed by atoms with Crippen molar-refractivity contribution in [3.63, 3.8) is 0 Å². The molecule has 11 heteroatoms. The van der Waals surface area contributed by atoms with Crippen molar-refractivity contribution in [3.8, 4) is 0 Å². The van der Waals surface area contributed by atoms with Crippen LogP contribution in [0.3, 0.4) is 0 Å². The Morgan fingerprint density at radius 3 is 2.48 bits per heavy atom. The normalized spacial score (nSPS) is 19.6. The van der Waals surface area contributed by atoms with E-state index in [1.54, 1.807) is 13.8 Å². The minimum Gasteiger partial charge on any atom is -0.480 e. The van der Waals surface area contributed by atoms with E-state index in [1.807, 2.05) is 6.92 Å². The highest BCUT2D eigenvalue weighted by Crippen LogP contribution is 2.10. The molecule has 1 aliphatic rings. The molecule has 1 aromatic heterocycles. The summed E-state index contributed by atoms with van der Waals surface area (Å²) in [6.07, 6.45) is 5.14. The van der Waals surface area contributed by atoms with Crippen molar-refractivity contribution in [1.82, 2.24) is 31.2 Å². The van der Waals surface area contributed by atoms with Crippen molar-refractivity contribution in [2.24, 2.45) is 5.92 Å². The molecule has 1 fully saturated rings. The van der Waals surface area contributed by atoms with Crippen molar-refractivity contribution in [1.29, 1.82) is 0 Å². The Bertz CT molecular complexity index is 762. The highest BCUT2D eigenvalue weighted by atomic mass is 16.4. The number of carbonyl (C=O) groups excluding carboxylic acids is 3. The van der Waals surface area contributed by atoms with Gasteiger partial charge in [-0.2, -0.15) is 0 Å². The van der Waals surface area contributed by atoms with Gasteiger partial charge >= 0.3 is 5.97 Å². The van der Waals surface area contributed by atoms with E-state index in [0.29, 0.717) is 18.5 Å². The third kappa shape index (κ3) is 7.06. The fourth-order valence-corrected chi connectivity index (χ4v) is 3.35. The molecule has 6 N–H and O–H groups in total. The van der Waals surface area contributed by atoms with Gasteiger partial charge in [0, 0.05) is 18.3 Å². The molecule has 2 rings (SSSR count). The van der Waals surface area contributed by atoms with Crippen LogP contribution in [0, 0.1) is 5.92 Å². The molecular formula is C20H32N6O5. The monoisotopic (exact) mass is 436 g/mol. The summed E-state index contributed by atoms with van der Waals surface area (Å²) in [5.41, 5.74) is 0.564. The van der Waals surface area contributed by atoms with Crippen LogP contribution in [0.4, 0.5) is 0 Å². The van der Waals surface area contributed by atoms with Crippen LogP contribution in [0.25, 0.3) is 0 Å². The summed E-state index contributed by atoms with van der Waals surface area (Å²) in [5, 5.41) is 20.4. The Labute approximate surface area is 181 Å². The van der Waals surface area contributed by atoms with Crippen molar-refractivity contribution in [2.75, 3.05) is 6.54 Å². The summed E-state index contributed by atoms with van der Waals surface area (Å²) in [4.78, 5) is 56.0. The topological polar surface area (TPSA) is 165 Å². The van der Waals surface area contributed by atoms with Gasteiger partial charge in [-0.05, 0) is 32.2 Å². The summed E-state index contributed by atoms with van der Waals surface area (Å²) in [6, 6.07) is -3.27. The van der Waals surface area contributed by atoms with Gasteiger partial charge in [0.05, 0.1) is 12.4 Å². The Kier molecular flexibility index (Phi) is 8.98. The number of aliphatic carboxylic acids is 1. The zero-order chi connectivity index (χ0) is 23.0. The lowest BCUT2D eigenvalue weighted by molar-refractivity contribution is -0.142. The fraction of sp³-hybridized carbons (Fsp3) is 0.650. The molecule has 0 spiro atoms. The van der Waals surface area contributed by atoms with E-state index in [2.05, 4.69) is 31.2 Å². The van der Waals surface area contributed by atoms with Gasteiger partial charge in [0.2, 0.25) is 17.7 Å². The maximum absolute atomic E-state index is 12.9. The summed E-state index contributed by atoms with van der Waals surface area (Å²) in [7, 11) is 0. The standard InChI is InChI=1S/C20H32N6O5/c1-4-11(2)16(19(29)25-15(20(30)31)8-13-9-21-10-23-13)26-17(27)12(3)24-18(28)14-6-5-7-22-14/h9-12,14-16,22H,4-8H2,1-3H3,(H,21,23)(H,24,28)(H,25,29)(H,26,27)(H,30,31). The second-order valence-corrected chi connectivity index (χ2v) is 7.93. The molecule has 5 atom stereocenters. The number of nitrogens with one attached hydrogen (secondary N) is 5. The SMILES string of the molecule is CCC(C)C(NC(=O)C(C)NC(=O)C1CCCN1)C(=O)NC(Cc1cnc[nH]1)C(=O)O. The molecule has 0 bridgehead atoms. The molecule has 1 aromatic rings. The smallest absolute Gasteiger partial charge is 0.326 e. The largest absolute Gasteiger partial charge is 0.480 e. The van der Waals surface area contributed by atoms with Crippen LogP contribution >= 0.6 is 0 Å². The summed E-state index contributed by atoms with van der Waals surface area (Å²) in [5.74, 6) is -2.79. The quantitative estimate of drug-likeness (QED) is 0.267. The molecule has 0 aromatic carbocycles. The van der Waals surface area contributed by atoms with E-state index in [-0.39, 0.29) is 24.3 Å². The number of rotatable bonds is 11. The Morgan fingerprint density at radius 2 is 1.94 bits per heavy atom. The van der Waals surface area contributed by atoms with Gasteiger partial charge < -0.3 is 31.4 Å². The van der Waals surface area contributed by atoms with E-state index >= 15 is 0 Å². The zero-order valence-corrected chi connectivity index (χ0v) is 18.1. The van der Waals surface area contributed by atoms with Gasteiger partial charge in [-0.1, -0.05) is 20.3 Å². The maximum atomic E-state index is 12.9. The van der Waals surface area contributed by atoms with Crippen LogP contribution in [-0.4, -0.2) is 69.5 Å². The third-order valence-corrected chi connectivity index (χ3v) is 5.52. The average Bonchev–Trinajstić information content (AvgIpc) is 3.44. The van der Waals surface area contributed by atoms with Gasteiger partial charge in [-0.25, -0.2) is 9.78 Å². The summed E-state index contributed by atoms with van der Waals surface area (Å²) in [6.45, 7) is 5.97. The number of H-pyrrole nitrogens is 1. The van der Waals surface area contributed by atoms with Crippen molar-refractivity contribution >= 4 is 23.7 Å². The first-order valence-electron chi connectivity index (χ1n) is 10.6. The van der Waals surface area contributed by atoms with Gasteiger partial charge in [0.25, 0.3) is 0 Å². The van der Waals surface area contributed by atoms with Crippen LogP contribution in [0.5, 0.6) is 0 Å². The Hall–Kier alpha value is -2.95. The Morgan fingerprint density at radius 1 is 1.19 bits per heavy atom. The molecule has 1 aliphatic heterocycles. The minimum absolute atomic E-state index is 0.0308. The van der Waals surface area contributed by atoms with Crippen LogP contribution in [0.2, 0.25) is 0 Å². The molecule has 0 aliphatic carbocycles. The molecule has 5 unspecified atom stereocenters. The third-order valence-electron chi connectivity index (χ3n) is 5.52. The molecule has 172 valence electrons. The van der Waals surface area contributed by atoms with E-state index in [1.165, 1.54) is 12.5 Å². The van der Waals surface area contributed by atoms with Crippen molar-refractivity contribution < 1.29 is 24.3 Å². The van der Waals surface area contributed by atoms with Crippen LogP contribution in [0.1, 0.15) is 45.7 Å². The highest BCUT2D eigenvalue weighted by molar-refractivity contribution is 5.94. The van der Waals surface area contributed by atoms with Crippen LogP contribution < -0.4 is 21.3 Å². The summed E-state index contributed by atoms with van der Waals surface area (Å²) < 4.78 is 0. The van der Waals surface area contributed by atoms with E-state index in [4.69, 9.17) is 0 Å². The number of amides is 3. The molecule has 1 saturated heterocycles. The number of imidazole rings is 1. The van der Waals surface area contributed by atoms with E-state index < -0.39 is 35.9 Å². The van der Waals surface area contributed by atoms with Crippen LogP contribution in [0.15, 0.2) is 12.5 Å². The number of carbonyl (C=O) groups is 4. The number of aromatic amines is 1. The number of hydrogen-bond acceptors (Lipinski definition) is 6. The minimum atomic E-state index is -1.19. The zero-order valence-electron chi connectivity index (χ0n) is 18.1. The second kappa shape index (κ2) is 11.4. The molecule has 3 amide bonds. The van der Waals surface area contributed by atoms with Gasteiger partial charge in [-0.3, -0.25) is 14.4 Å². The van der Waals surface area contributed by atoms with Gasteiger partial charge in [0.15, 0.2) is 0 Å². The maximum Gasteiger partial charge on any atom is 0.326 e. The number of carboxylic acids is 1. The number of nitrogens with zero attached hydrogens (tertiary/aromatic N) is 1. The fourth-order valence-electron chi connectivity index (χ4n) is 3.35. The highest BCUT2D eigenvalue weighted by Gasteiger charge is 2.32. The molecule has 0 radical (unpaired) electrons. The lowest BCUT2D eigenvalue weighted by atomic mass is 9.97. The van der Waals surface area contributed by atoms with E-state index in [0.717, 1.165) is 13.0 Å². The Balaban J connectivity index is 2.00. The van der Waals surface area contributed by atoms with Gasteiger partial charge in [0.1, 0.15) is 18.1 Å². The second-order valence-electron chi connectivity index (χ2n) is 7.93. The van der Waals surface area contributed by atoms with Gasteiger partial charge in [-0.15, -0.1) is 0 Å². The number of aromatic nitrogens is 2. The first-order chi connectivity index (χ1) is 14.7.